The average Bonchev–Trinajstić information content (AvgIpc) is 3.06. The first-order chi connectivity index (χ1) is 24.0. The van der Waals surface area contributed by atoms with Gasteiger partial charge in [-0.3, -0.25) is 18.6 Å². The number of unbranched alkanes of at least 4 members (excludes halogenated alkanes) is 18. The fraction of sp³-hybridized carbons (Fsp3) is 0.850. The summed E-state index contributed by atoms with van der Waals surface area (Å²) in [5.41, 5.74) is 0. The van der Waals surface area contributed by atoms with Gasteiger partial charge < -0.3 is 18.9 Å². The Hall–Kier alpha value is -1.51. The molecule has 0 aliphatic heterocycles. The Morgan fingerprint density at radius 3 is 1.66 bits per heavy atom. The molecule has 0 spiro atoms. The molecule has 0 radical (unpaired) electrons. The van der Waals surface area contributed by atoms with Crippen molar-refractivity contribution in [2.45, 2.75) is 174 Å². The number of allylic oxidation sites excluding steroid dienone is 4. The number of hydrogen-bond acceptors (Lipinski definition) is 7. The summed E-state index contributed by atoms with van der Waals surface area (Å²) in [6, 6.07) is 0. The smallest absolute Gasteiger partial charge is 0.462 e. The number of hydrogen-bond donors (Lipinski definition) is 1. The fourth-order valence-electron chi connectivity index (χ4n) is 5.29. The quantitative estimate of drug-likeness (QED) is 0.0223. The minimum Gasteiger partial charge on any atom is -0.462 e. The van der Waals surface area contributed by atoms with Gasteiger partial charge in [-0.05, 0) is 38.5 Å². The van der Waals surface area contributed by atoms with Crippen molar-refractivity contribution < 1.29 is 42.1 Å². The summed E-state index contributed by atoms with van der Waals surface area (Å²) in [5, 5.41) is 0. The highest BCUT2D eigenvalue weighted by molar-refractivity contribution is 7.47. The summed E-state index contributed by atoms with van der Waals surface area (Å²) in [5.74, 6) is -0.813. The van der Waals surface area contributed by atoms with E-state index in [1.54, 1.807) is 0 Å². The molecule has 0 saturated carbocycles. The largest absolute Gasteiger partial charge is 0.472 e. The minimum absolute atomic E-state index is 0.0303. The highest BCUT2D eigenvalue weighted by Crippen LogP contribution is 2.43. The van der Waals surface area contributed by atoms with E-state index in [1.165, 1.54) is 70.6 Å². The van der Waals surface area contributed by atoms with Crippen LogP contribution in [0.4, 0.5) is 0 Å². The van der Waals surface area contributed by atoms with Crippen LogP contribution in [0.25, 0.3) is 0 Å². The van der Waals surface area contributed by atoms with Gasteiger partial charge in [-0.25, -0.2) is 4.57 Å². The summed E-state index contributed by atoms with van der Waals surface area (Å²) in [7, 11) is 1.47. The lowest BCUT2D eigenvalue weighted by atomic mass is 10.0. The molecule has 0 rings (SSSR count). The van der Waals surface area contributed by atoms with E-state index in [0.29, 0.717) is 17.4 Å². The van der Waals surface area contributed by atoms with Crippen molar-refractivity contribution in [3.63, 3.8) is 0 Å². The molecule has 0 aromatic rings. The molecule has 1 unspecified atom stereocenters. The Kier molecular flexibility index (Phi) is 32.3. The second-order valence-electron chi connectivity index (χ2n) is 14.7. The van der Waals surface area contributed by atoms with Crippen LogP contribution in [0, 0.1) is 0 Å². The maximum atomic E-state index is 12.6. The molecule has 0 heterocycles. The van der Waals surface area contributed by atoms with Gasteiger partial charge in [0.15, 0.2) is 6.10 Å². The third kappa shape index (κ3) is 36.3. The molecule has 2 atom stereocenters. The Bertz CT molecular complexity index is 918. The van der Waals surface area contributed by atoms with Crippen molar-refractivity contribution in [1.29, 1.82) is 0 Å². The van der Waals surface area contributed by atoms with Crippen LogP contribution in [0.1, 0.15) is 168 Å². The Morgan fingerprint density at radius 1 is 0.620 bits per heavy atom. The van der Waals surface area contributed by atoms with Crippen LogP contribution < -0.4 is 0 Å². The molecule has 0 aliphatic carbocycles. The van der Waals surface area contributed by atoms with Crippen molar-refractivity contribution in [2.75, 3.05) is 47.5 Å². The number of rotatable bonds is 36. The topological polar surface area (TPSA) is 108 Å². The second kappa shape index (κ2) is 33.3. The summed E-state index contributed by atoms with van der Waals surface area (Å²) < 4.78 is 34.2. The molecule has 0 amide bonds. The number of quaternary nitrogens is 1. The van der Waals surface area contributed by atoms with Crippen LogP contribution in [0.5, 0.6) is 0 Å². The number of phosphoric ester groups is 1. The SMILES string of the molecule is CCC/C=C\C/C=C/CCCCCCCC(=O)O[C@H](COC(=O)CCCCCCCCCCCCCCC)COP(=O)(O)OCC[N+](C)(C)C. The van der Waals surface area contributed by atoms with E-state index in [0.717, 1.165) is 64.2 Å². The van der Waals surface area contributed by atoms with Crippen LogP contribution in [0.3, 0.4) is 0 Å². The van der Waals surface area contributed by atoms with Crippen molar-refractivity contribution >= 4 is 19.8 Å². The Labute approximate surface area is 307 Å². The molecule has 0 saturated heterocycles. The van der Waals surface area contributed by atoms with Crippen molar-refractivity contribution in [1.82, 2.24) is 0 Å². The van der Waals surface area contributed by atoms with Gasteiger partial charge in [0.25, 0.3) is 0 Å². The summed E-state index contributed by atoms with van der Waals surface area (Å²) in [6.07, 6.45) is 33.6. The van der Waals surface area contributed by atoms with Gasteiger partial charge in [0, 0.05) is 12.8 Å². The number of esters is 2. The first-order valence-electron chi connectivity index (χ1n) is 20.1. The third-order valence-corrected chi connectivity index (χ3v) is 9.45. The second-order valence-corrected chi connectivity index (χ2v) is 16.1. The summed E-state index contributed by atoms with van der Waals surface area (Å²) in [6.45, 7) is 4.33. The molecule has 0 bridgehead atoms. The lowest BCUT2D eigenvalue weighted by Gasteiger charge is -2.24. The number of carbonyl (C=O) groups is 2. The van der Waals surface area contributed by atoms with Gasteiger partial charge in [-0.15, -0.1) is 0 Å². The lowest BCUT2D eigenvalue weighted by Crippen LogP contribution is -2.37. The van der Waals surface area contributed by atoms with Crippen LogP contribution in [0.15, 0.2) is 24.3 Å². The summed E-state index contributed by atoms with van der Waals surface area (Å²) in [4.78, 5) is 35.2. The molecule has 50 heavy (non-hydrogen) atoms. The van der Waals surface area contributed by atoms with E-state index in [1.807, 2.05) is 21.1 Å². The first kappa shape index (κ1) is 48.5. The summed E-state index contributed by atoms with van der Waals surface area (Å²) >= 11 is 0. The number of phosphoric acid groups is 1. The molecule has 0 aromatic heterocycles. The van der Waals surface area contributed by atoms with E-state index >= 15 is 0 Å². The van der Waals surface area contributed by atoms with Crippen molar-refractivity contribution in [3.05, 3.63) is 24.3 Å². The van der Waals surface area contributed by atoms with Gasteiger partial charge in [-0.1, -0.05) is 141 Å². The molecule has 294 valence electrons. The molecule has 0 aromatic carbocycles. The minimum atomic E-state index is -4.37. The zero-order chi connectivity index (χ0) is 37.2. The van der Waals surface area contributed by atoms with Gasteiger partial charge in [0.05, 0.1) is 27.7 Å². The van der Waals surface area contributed by atoms with Gasteiger partial charge >= 0.3 is 19.8 Å². The van der Waals surface area contributed by atoms with E-state index in [4.69, 9.17) is 18.5 Å². The number of likely N-dealkylation sites (N-methyl/N-ethyl adjacent to an activating group) is 1. The maximum absolute atomic E-state index is 12.6. The van der Waals surface area contributed by atoms with Crippen molar-refractivity contribution in [2.24, 2.45) is 0 Å². The predicted molar refractivity (Wildman–Crippen MR) is 206 cm³/mol. The monoisotopic (exact) mass is 731 g/mol. The average molecular weight is 731 g/mol. The first-order valence-corrected chi connectivity index (χ1v) is 21.6. The zero-order valence-electron chi connectivity index (χ0n) is 32.9. The van der Waals surface area contributed by atoms with E-state index in [-0.39, 0.29) is 32.0 Å². The van der Waals surface area contributed by atoms with Crippen LogP contribution in [-0.2, 0) is 32.7 Å². The van der Waals surface area contributed by atoms with Crippen LogP contribution in [-0.4, -0.2) is 74.9 Å². The number of nitrogens with zero attached hydrogens (tertiary/aromatic N) is 1. The number of ether oxygens (including phenoxy) is 2. The van der Waals surface area contributed by atoms with Crippen LogP contribution >= 0.6 is 7.82 Å². The maximum Gasteiger partial charge on any atom is 0.472 e. The Balaban J connectivity index is 4.43. The standard InChI is InChI=1S/C40H76NO8P/c1-6-8-10-12-14-16-18-20-22-24-26-28-30-32-39(42)46-36-38(37-48-50(44,45)47-35-34-41(3,4)5)49-40(43)33-31-29-27-25-23-21-19-17-15-13-11-9-7-2/h11,13,17,19,38H,6-10,12,14-16,18,20-37H2,1-5H3/p+1/b13-11-,19-17+/t38-/m1/s1. The normalized spacial score (nSPS) is 14.0. The molecule has 0 fully saturated rings. The molecule has 0 aliphatic rings. The molecular formula is C40H77NO8P+. The van der Waals surface area contributed by atoms with Gasteiger partial charge in [-0.2, -0.15) is 0 Å². The third-order valence-electron chi connectivity index (χ3n) is 8.47. The zero-order valence-corrected chi connectivity index (χ0v) is 33.8. The van der Waals surface area contributed by atoms with Gasteiger partial charge in [0.1, 0.15) is 19.8 Å². The highest BCUT2D eigenvalue weighted by atomic mass is 31.2. The molecular weight excluding hydrogens is 653 g/mol. The number of carbonyl (C=O) groups excluding carboxylic acids is 2. The van der Waals surface area contributed by atoms with Crippen LogP contribution in [0.2, 0.25) is 0 Å². The van der Waals surface area contributed by atoms with E-state index in [9.17, 15) is 19.0 Å². The molecule has 9 nitrogen and oxygen atoms in total. The van der Waals surface area contributed by atoms with Crippen molar-refractivity contribution in [3.8, 4) is 0 Å². The lowest BCUT2D eigenvalue weighted by molar-refractivity contribution is -0.870. The van der Waals surface area contributed by atoms with E-state index in [2.05, 4.69) is 38.2 Å². The fourth-order valence-corrected chi connectivity index (χ4v) is 6.03. The molecule has 1 N–H and O–H groups in total. The van der Waals surface area contributed by atoms with Gasteiger partial charge in [0.2, 0.25) is 0 Å². The van der Waals surface area contributed by atoms with E-state index < -0.39 is 26.5 Å². The Morgan fingerprint density at radius 2 is 1.12 bits per heavy atom. The highest BCUT2D eigenvalue weighted by Gasteiger charge is 2.27. The molecule has 10 heteroatoms. The predicted octanol–water partition coefficient (Wildman–Crippen LogP) is 10.8.